The smallest absolute Gasteiger partial charge is 0.292 e. The number of ether oxygens (including phenoxy) is 1. The molecule has 346 valence electrons. The summed E-state index contributed by atoms with van der Waals surface area (Å²) in [7, 11) is 1.82. The lowest BCUT2D eigenvalue weighted by atomic mass is 9.97. The van der Waals surface area contributed by atoms with Gasteiger partial charge in [-0.2, -0.15) is 10.1 Å². The maximum absolute atomic E-state index is 13.5. The van der Waals surface area contributed by atoms with Crippen molar-refractivity contribution in [2.24, 2.45) is 5.73 Å². The zero-order valence-electron chi connectivity index (χ0n) is 37.2. The molecule has 0 aliphatic carbocycles. The lowest BCUT2D eigenvalue weighted by Gasteiger charge is -2.35. The Morgan fingerprint density at radius 3 is 2.30 bits per heavy atom. The van der Waals surface area contributed by atoms with Crippen LogP contribution in [-0.2, 0) is 45.2 Å². The van der Waals surface area contributed by atoms with Crippen molar-refractivity contribution >= 4 is 57.6 Å². The minimum atomic E-state index is -0.00597. The number of hydrogen-bond donors (Lipinski definition) is 3. The van der Waals surface area contributed by atoms with Gasteiger partial charge in [0.05, 0.1) is 44.7 Å². The summed E-state index contributed by atoms with van der Waals surface area (Å²) in [5.41, 5.74) is 25.2. The molecule has 0 radical (unpaired) electrons. The number of aromatic nitrogens is 7. The van der Waals surface area contributed by atoms with Crippen LogP contribution in [0.25, 0.3) is 33.4 Å². The number of nitrogens with zero attached hydrogens (tertiary/aromatic N) is 13. The third-order valence-electron chi connectivity index (χ3n) is 12.6. The van der Waals surface area contributed by atoms with Crippen LogP contribution in [0.4, 0.5) is 17.8 Å². The van der Waals surface area contributed by atoms with E-state index in [1.807, 2.05) is 38.6 Å². The van der Waals surface area contributed by atoms with E-state index in [9.17, 15) is 14.4 Å². The van der Waals surface area contributed by atoms with Crippen molar-refractivity contribution in [3.8, 4) is 11.3 Å². The SMILES string of the molecule is CN(CC(=O)N1CCN(CCOCCC(=O)N2CCN(c3ncc(CN)cn3)CC2)CC1)CC(=O)N1CCc2cc(Cn3nc(-c4ccc5oc(N)nc5c4)c4c(N)ncnc43)ccc2C1. The molecule has 6 N–H and O–H groups in total. The van der Waals surface area contributed by atoms with E-state index in [2.05, 4.69) is 52.9 Å². The van der Waals surface area contributed by atoms with Gasteiger partial charge in [0.25, 0.3) is 6.01 Å². The first-order valence-corrected chi connectivity index (χ1v) is 22.4. The first-order chi connectivity index (χ1) is 32.1. The highest BCUT2D eigenvalue weighted by molar-refractivity contribution is 5.99. The third-order valence-corrected chi connectivity index (χ3v) is 12.6. The van der Waals surface area contributed by atoms with Crippen LogP contribution in [0.1, 0.15) is 28.7 Å². The maximum Gasteiger partial charge on any atom is 0.292 e. The van der Waals surface area contributed by atoms with Crippen molar-refractivity contribution in [2.45, 2.75) is 32.5 Å². The Kier molecular flexibility index (Phi) is 13.3. The van der Waals surface area contributed by atoms with Crippen molar-refractivity contribution in [2.75, 3.05) is 115 Å². The third kappa shape index (κ3) is 10.0. The van der Waals surface area contributed by atoms with Crippen LogP contribution in [0.2, 0.25) is 0 Å². The highest BCUT2D eigenvalue weighted by atomic mass is 16.5. The highest BCUT2D eigenvalue weighted by Gasteiger charge is 2.27. The Labute approximate surface area is 381 Å². The molecule has 21 heteroatoms. The zero-order chi connectivity index (χ0) is 45.7. The van der Waals surface area contributed by atoms with Gasteiger partial charge in [0, 0.05) is 102 Å². The molecule has 3 amide bonds. The average molecular weight is 901 g/mol. The fraction of sp³-hybridized carbons (Fsp3) is 0.444. The Morgan fingerprint density at radius 2 is 1.53 bits per heavy atom. The van der Waals surface area contributed by atoms with Crippen LogP contribution in [0, 0.1) is 0 Å². The molecule has 7 heterocycles. The molecule has 0 spiro atoms. The molecule has 2 aromatic carbocycles. The minimum Gasteiger partial charge on any atom is -0.424 e. The number of anilines is 3. The number of nitrogens with two attached hydrogens (primary N) is 3. The number of oxazole rings is 1. The predicted octanol–water partition coefficient (Wildman–Crippen LogP) is 0.812. The largest absolute Gasteiger partial charge is 0.424 e. The summed E-state index contributed by atoms with van der Waals surface area (Å²) in [4.78, 5) is 73.1. The van der Waals surface area contributed by atoms with Crippen molar-refractivity contribution in [3.05, 3.63) is 77.4 Å². The molecule has 66 heavy (non-hydrogen) atoms. The Hall–Kier alpha value is -6.81. The van der Waals surface area contributed by atoms with Gasteiger partial charge in [-0.15, -0.1) is 0 Å². The summed E-state index contributed by atoms with van der Waals surface area (Å²) in [5.74, 6) is 1.09. The van der Waals surface area contributed by atoms with Gasteiger partial charge >= 0.3 is 0 Å². The number of benzene rings is 2. The second kappa shape index (κ2) is 19.7. The Morgan fingerprint density at radius 1 is 0.788 bits per heavy atom. The summed E-state index contributed by atoms with van der Waals surface area (Å²) in [6, 6.07) is 11.9. The van der Waals surface area contributed by atoms with E-state index < -0.39 is 0 Å². The van der Waals surface area contributed by atoms with E-state index in [-0.39, 0.29) is 36.8 Å². The molecular weight excluding hydrogens is 845 g/mol. The molecule has 0 unspecified atom stereocenters. The monoisotopic (exact) mass is 900 g/mol. The van der Waals surface area contributed by atoms with Gasteiger partial charge in [-0.25, -0.2) is 24.6 Å². The molecule has 21 nitrogen and oxygen atoms in total. The second-order valence-corrected chi connectivity index (χ2v) is 17.1. The number of hydrogen-bond acceptors (Lipinski definition) is 17. The quantitative estimate of drug-likeness (QED) is 0.121. The van der Waals surface area contributed by atoms with E-state index in [1.165, 1.54) is 11.9 Å². The average Bonchev–Trinajstić information content (AvgIpc) is 3.90. The molecule has 4 aromatic heterocycles. The molecule has 3 aliphatic heterocycles. The fourth-order valence-electron chi connectivity index (χ4n) is 8.85. The van der Waals surface area contributed by atoms with Gasteiger partial charge in [0.2, 0.25) is 23.7 Å². The van der Waals surface area contributed by atoms with Crippen molar-refractivity contribution in [1.29, 1.82) is 0 Å². The van der Waals surface area contributed by atoms with Gasteiger partial charge < -0.3 is 46.0 Å². The van der Waals surface area contributed by atoms with E-state index in [4.69, 9.17) is 31.5 Å². The topological polar surface area (TPSA) is 253 Å². The standard InChI is InChI=1S/C45H56N16O5/c1-55(27-38(63)58-11-9-56(10-12-58)17-19-65-18-7-37(62)57-13-15-59(16-14-57)45-49-23-31(22-46)24-50-45)28-39(64)60-8-6-32-20-30(2-3-34(32)26-60)25-61-43-40(42(47)51-29-52-43)41(54-61)33-4-5-36-35(21-33)53-44(48)66-36/h2-5,20-21,23-24,29H,6-19,22,25-28,46H2,1H3,(H2,48,53)(H2,47,51,52). The van der Waals surface area contributed by atoms with Gasteiger partial charge in [0.1, 0.15) is 23.4 Å². The molecule has 0 atom stereocenters. The molecule has 2 saturated heterocycles. The van der Waals surface area contributed by atoms with Gasteiger partial charge in [-0.05, 0) is 48.4 Å². The summed E-state index contributed by atoms with van der Waals surface area (Å²) >= 11 is 0. The summed E-state index contributed by atoms with van der Waals surface area (Å²) < 4.78 is 13.1. The summed E-state index contributed by atoms with van der Waals surface area (Å²) in [6.45, 7) is 9.26. The van der Waals surface area contributed by atoms with E-state index in [0.29, 0.717) is 131 Å². The minimum absolute atomic E-state index is 0.00597. The van der Waals surface area contributed by atoms with Crippen molar-refractivity contribution in [3.63, 3.8) is 0 Å². The summed E-state index contributed by atoms with van der Waals surface area (Å²) in [6.07, 6.45) is 5.98. The van der Waals surface area contributed by atoms with Crippen molar-refractivity contribution in [1.82, 2.24) is 59.2 Å². The Bertz CT molecular complexity index is 2690. The van der Waals surface area contributed by atoms with E-state index in [1.54, 1.807) is 23.4 Å². The molecule has 2 fully saturated rings. The highest BCUT2D eigenvalue weighted by Crippen LogP contribution is 2.33. The fourth-order valence-corrected chi connectivity index (χ4v) is 8.85. The number of piperazine rings is 2. The number of nitrogen functional groups attached to an aromatic ring is 2. The molecule has 0 bridgehead atoms. The molecular formula is C45H56N16O5. The van der Waals surface area contributed by atoms with Crippen LogP contribution >= 0.6 is 0 Å². The van der Waals surface area contributed by atoms with Crippen LogP contribution in [0.3, 0.4) is 0 Å². The first-order valence-electron chi connectivity index (χ1n) is 22.4. The first kappa shape index (κ1) is 44.4. The van der Waals surface area contributed by atoms with Crippen LogP contribution in [0.15, 0.2) is 59.5 Å². The Balaban J connectivity index is 0.679. The predicted molar refractivity (Wildman–Crippen MR) is 246 cm³/mol. The van der Waals surface area contributed by atoms with Gasteiger partial charge in [0.15, 0.2) is 11.2 Å². The molecule has 0 saturated carbocycles. The maximum atomic E-state index is 13.5. The lowest BCUT2D eigenvalue weighted by molar-refractivity contribution is -0.136. The zero-order valence-corrected chi connectivity index (χ0v) is 37.2. The number of carbonyl (C=O) groups excluding carboxylic acids is 3. The van der Waals surface area contributed by atoms with Gasteiger partial charge in [-0.1, -0.05) is 18.2 Å². The van der Waals surface area contributed by atoms with Gasteiger partial charge in [-0.3, -0.25) is 24.2 Å². The number of carbonyl (C=O) groups is 3. The number of amides is 3. The lowest BCUT2D eigenvalue weighted by Crippen LogP contribution is -2.52. The number of likely N-dealkylation sites (N-methyl/N-ethyl adjacent to an activating group) is 1. The molecule has 9 rings (SSSR count). The number of fused-ring (bicyclic) bond motifs is 3. The van der Waals surface area contributed by atoms with Crippen LogP contribution < -0.4 is 22.1 Å². The molecule has 6 aromatic rings. The summed E-state index contributed by atoms with van der Waals surface area (Å²) in [5, 5.41) is 5.59. The van der Waals surface area contributed by atoms with Crippen LogP contribution in [0.5, 0.6) is 0 Å². The second-order valence-electron chi connectivity index (χ2n) is 17.1. The van der Waals surface area contributed by atoms with Crippen LogP contribution in [-0.4, -0.2) is 176 Å². The normalized spacial score (nSPS) is 15.9. The number of rotatable bonds is 15. The van der Waals surface area contributed by atoms with E-state index in [0.717, 1.165) is 41.9 Å². The van der Waals surface area contributed by atoms with E-state index >= 15 is 0 Å². The molecule has 3 aliphatic rings. The van der Waals surface area contributed by atoms with Crippen molar-refractivity contribution < 1.29 is 23.5 Å².